The predicted molar refractivity (Wildman–Crippen MR) is 105 cm³/mol. The number of thioether (sulfide) groups is 1. The van der Waals surface area contributed by atoms with Crippen molar-refractivity contribution < 1.29 is 0 Å². The molecule has 0 radical (unpaired) electrons. The molecule has 2 heterocycles. The highest BCUT2D eigenvalue weighted by atomic mass is 35.5. The Morgan fingerprint density at radius 2 is 1.76 bits per heavy atom. The molecule has 0 aliphatic rings. The fraction of sp³-hybridized carbons (Fsp3) is 0.167. The lowest BCUT2D eigenvalue weighted by Gasteiger charge is -2.06. The molecule has 0 unspecified atom stereocenters. The minimum absolute atomic E-state index is 0.595. The fourth-order valence-electron chi connectivity index (χ4n) is 2.88. The van der Waals surface area contributed by atoms with Crippen molar-refractivity contribution in [3.05, 3.63) is 58.1 Å². The Kier molecular flexibility index (Phi) is 4.54. The molecule has 126 valence electrons. The van der Waals surface area contributed by atoms with Crippen molar-refractivity contribution >= 4 is 57.0 Å². The van der Waals surface area contributed by atoms with Gasteiger partial charge in [-0.1, -0.05) is 59.2 Å². The normalized spacial score (nSPS) is 11.5. The van der Waals surface area contributed by atoms with Crippen LogP contribution in [0.2, 0.25) is 10.0 Å². The third kappa shape index (κ3) is 2.97. The number of para-hydroxylation sites is 1. The van der Waals surface area contributed by atoms with Gasteiger partial charge in [-0.25, -0.2) is 4.98 Å². The highest BCUT2D eigenvalue weighted by molar-refractivity contribution is 7.98. The van der Waals surface area contributed by atoms with Gasteiger partial charge in [-0.2, -0.15) is 0 Å². The van der Waals surface area contributed by atoms with Gasteiger partial charge in [0.15, 0.2) is 5.65 Å². The highest BCUT2D eigenvalue weighted by Gasteiger charge is 2.14. The number of hydrogen-bond acceptors (Lipinski definition) is 4. The van der Waals surface area contributed by atoms with E-state index in [2.05, 4.69) is 33.8 Å². The highest BCUT2D eigenvalue weighted by Crippen LogP contribution is 2.31. The Morgan fingerprint density at radius 1 is 1.00 bits per heavy atom. The van der Waals surface area contributed by atoms with Crippen LogP contribution in [0, 0.1) is 0 Å². The first kappa shape index (κ1) is 16.6. The molecule has 2 aromatic carbocycles. The summed E-state index contributed by atoms with van der Waals surface area (Å²) in [6, 6.07) is 13.7. The van der Waals surface area contributed by atoms with E-state index in [0.717, 1.165) is 34.2 Å². The standard InChI is InChI=1S/C18H14Cl2N4S/c1-2-24-15-9-4-3-6-11(15)16-17(24)21-18(23-22-16)25-10-12-13(19)7-5-8-14(12)20/h3-9H,2,10H2,1H3. The van der Waals surface area contributed by atoms with E-state index >= 15 is 0 Å². The summed E-state index contributed by atoms with van der Waals surface area (Å²) < 4.78 is 2.16. The van der Waals surface area contributed by atoms with Crippen molar-refractivity contribution in [1.82, 2.24) is 19.7 Å². The summed E-state index contributed by atoms with van der Waals surface area (Å²) in [6.07, 6.45) is 0. The van der Waals surface area contributed by atoms with Crippen molar-refractivity contribution in [3.63, 3.8) is 0 Å². The van der Waals surface area contributed by atoms with Crippen LogP contribution in [-0.4, -0.2) is 19.7 Å². The number of rotatable bonds is 4. The Bertz CT molecular complexity index is 1060. The van der Waals surface area contributed by atoms with Gasteiger partial charge in [0, 0.05) is 27.7 Å². The molecule has 7 heteroatoms. The monoisotopic (exact) mass is 388 g/mol. The zero-order chi connectivity index (χ0) is 17.4. The Hall–Kier alpha value is -1.82. The minimum Gasteiger partial charge on any atom is -0.324 e. The molecule has 0 aliphatic heterocycles. The first-order valence-corrected chi connectivity index (χ1v) is 9.60. The first-order chi connectivity index (χ1) is 12.2. The van der Waals surface area contributed by atoms with Gasteiger partial charge >= 0.3 is 0 Å². The third-order valence-corrected chi connectivity index (χ3v) is 5.65. The van der Waals surface area contributed by atoms with Crippen LogP contribution >= 0.6 is 35.0 Å². The maximum Gasteiger partial charge on any atom is 0.211 e. The molecular weight excluding hydrogens is 375 g/mol. The molecule has 4 rings (SSSR count). The van der Waals surface area contributed by atoms with Gasteiger partial charge in [-0.15, -0.1) is 10.2 Å². The van der Waals surface area contributed by atoms with Crippen LogP contribution in [0.5, 0.6) is 0 Å². The molecule has 4 aromatic rings. The number of benzene rings is 2. The predicted octanol–water partition coefficient (Wildman–Crippen LogP) is 5.60. The Labute approximate surface area is 159 Å². The smallest absolute Gasteiger partial charge is 0.211 e. The molecule has 0 N–H and O–H groups in total. The molecule has 25 heavy (non-hydrogen) atoms. The van der Waals surface area contributed by atoms with Crippen LogP contribution in [-0.2, 0) is 12.3 Å². The van der Waals surface area contributed by atoms with Gasteiger partial charge in [0.25, 0.3) is 0 Å². The van der Waals surface area contributed by atoms with Gasteiger partial charge < -0.3 is 4.57 Å². The second kappa shape index (κ2) is 6.83. The Balaban J connectivity index is 1.73. The van der Waals surface area contributed by atoms with E-state index in [9.17, 15) is 0 Å². The van der Waals surface area contributed by atoms with Crippen LogP contribution < -0.4 is 0 Å². The van der Waals surface area contributed by atoms with Crippen LogP contribution in [0.15, 0.2) is 47.6 Å². The SMILES string of the molecule is CCn1c2ccccc2c2nnc(SCc3c(Cl)cccc3Cl)nc21. The average molecular weight is 389 g/mol. The van der Waals surface area contributed by atoms with Crippen molar-refractivity contribution in [2.24, 2.45) is 0 Å². The maximum atomic E-state index is 6.23. The van der Waals surface area contributed by atoms with Crippen molar-refractivity contribution in [3.8, 4) is 0 Å². The molecular formula is C18H14Cl2N4S. The van der Waals surface area contributed by atoms with Crippen LogP contribution in [0.3, 0.4) is 0 Å². The zero-order valence-electron chi connectivity index (χ0n) is 13.4. The van der Waals surface area contributed by atoms with Crippen molar-refractivity contribution in [2.45, 2.75) is 24.4 Å². The van der Waals surface area contributed by atoms with Gasteiger partial charge in [0.2, 0.25) is 5.16 Å². The molecule has 0 atom stereocenters. The lowest BCUT2D eigenvalue weighted by Crippen LogP contribution is -1.98. The molecule has 0 saturated carbocycles. The first-order valence-electron chi connectivity index (χ1n) is 7.86. The number of halogens is 2. The summed E-state index contributed by atoms with van der Waals surface area (Å²) in [5.74, 6) is 0.595. The molecule has 0 bridgehead atoms. The number of nitrogens with zero attached hydrogens (tertiary/aromatic N) is 4. The van der Waals surface area contributed by atoms with Gasteiger partial charge in [-0.3, -0.25) is 0 Å². The average Bonchev–Trinajstić information content (AvgIpc) is 2.94. The molecule has 2 aromatic heterocycles. The van der Waals surface area contributed by atoms with E-state index < -0.39 is 0 Å². The second-order valence-electron chi connectivity index (χ2n) is 5.52. The summed E-state index contributed by atoms with van der Waals surface area (Å²) in [7, 11) is 0. The van der Waals surface area contributed by atoms with Crippen LogP contribution in [0.1, 0.15) is 12.5 Å². The number of hydrogen-bond donors (Lipinski definition) is 0. The van der Waals surface area contributed by atoms with E-state index in [0.29, 0.717) is 21.0 Å². The van der Waals surface area contributed by atoms with Crippen LogP contribution in [0.4, 0.5) is 0 Å². The van der Waals surface area contributed by atoms with E-state index in [4.69, 9.17) is 28.2 Å². The van der Waals surface area contributed by atoms with E-state index in [-0.39, 0.29) is 0 Å². The molecule has 0 saturated heterocycles. The summed E-state index contributed by atoms with van der Waals surface area (Å²) in [5, 5.41) is 11.7. The molecule has 0 spiro atoms. The van der Waals surface area contributed by atoms with E-state index in [1.54, 1.807) is 0 Å². The van der Waals surface area contributed by atoms with Crippen molar-refractivity contribution in [1.29, 1.82) is 0 Å². The molecule has 0 fully saturated rings. The second-order valence-corrected chi connectivity index (χ2v) is 7.27. The van der Waals surface area contributed by atoms with E-state index in [1.807, 2.05) is 30.3 Å². The maximum absolute atomic E-state index is 6.23. The summed E-state index contributed by atoms with van der Waals surface area (Å²) >= 11 is 13.9. The van der Waals surface area contributed by atoms with Gasteiger partial charge in [0.05, 0.1) is 5.52 Å². The third-order valence-electron chi connectivity index (χ3n) is 4.08. The lowest BCUT2D eigenvalue weighted by atomic mass is 10.2. The quantitative estimate of drug-likeness (QED) is 0.426. The molecule has 0 amide bonds. The summed E-state index contributed by atoms with van der Waals surface area (Å²) in [6.45, 7) is 2.92. The van der Waals surface area contributed by atoms with Gasteiger partial charge in [-0.05, 0) is 30.7 Å². The van der Waals surface area contributed by atoms with Gasteiger partial charge in [0.1, 0.15) is 5.52 Å². The zero-order valence-corrected chi connectivity index (χ0v) is 15.7. The topological polar surface area (TPSA) is 43.6 Å². The lowest BCUT2D eigenvalue weighted by molar-refractivity contribution is 0.789. The molecule has 0 aliphatic carbocycles. The summed E-state index contributed by atoms with van der Waals surface area (Å²) in [4.78, 5) is 4.72. The number of aryl methyl sites for hydroxylation is 1. The van der Waals surface area contributed by atoms with Crippen LogP contribution in [0.25, 0.3) is 22.1 Å². The summed E-state index contributed by atoms with van der Waals surface area (Å²) in [5.41, 5.74) is 3.69. The fourth-order valence-corrected chi connectivity index (χ4v) is 4.40. The van der Waals surface area contributed by atoms with Crippen molar-refractivity contribution in [2.75, 3.05) is 0 Å². The Morgan fingerprint density at radius 3 is 2.52 bits per heavy atom. The molecule has 4 nitrogen and oxygen atoms in total. The number of fused-ring (bicyclic) bond motifs is 3. The van der Waals surface area contributed by atoms with E-state index in [1.165, 1.54) is 11.8 Å². The number of aromatic nitrogens is 4. The largest absolute Gasteiger partial charge is 0.324 e. The minimum atomic E-state index is 0.595.